The van der Waals surface area contributed by atoms with Gasteiger partial charge in [-0.25, -0.2) is 8.42 Å². The summed E-state index contributed by atoms with van der Waals surface area (Å²) >= 11 is 0. The van der Waals surface area contributed by atoms with E-state index in [1.54, 1.807) is 19.1 Å². The Labute approximate surface area is 142 Å². The van der Waals surface area contributed by atoms with Gasteiger partial charge < -0.3 is 10.4 Å². The molecule has 2 aromatic carbocycles. The van der Waals surface area contributed by atoms with E-state index in [2.05, 4.69) is 5.32 Å². The number of hydrogen-bond acceptors (Lipinski definition) is 4. The zero-order valence-electron chi connectivity index (χ0n) is 13.9. The first-order chi connectivity index (χ1) is 11.2. The van der Waals surface area contributed by atoms with Crippen LogP contribution in [-0.4, -0.2) is 38.3 Å². The molecule has 2 rings (SSSR count). The number of carbonyl (C=O) groups is 1. The van der Waals surface area contributed by atoms with Crippen LogP contribution in [0, 0.1) is 6.92 Å². The van der Waals surface area contributed by atoms with Gasteiger partial charge in [0.25, 0.3) is 5.91 Å². The predicted octanol–water partition coefficient (Wildman–Crippen LogP) is 2.18. The lowest BCUT2D eigenvalue weighted by atomic mass is 10.0. The molecule has 6 heteroatoms. The highest BCUT2D eigenvalue weighted by atomic mass is 32.2. The van der Waals surface area contributed by atoms with Gasteiger partial charge in [-0.2, -0.15) is 0 Å². The smallest absolute Gasteiger partial charge is 0.251 e. The maximum Gasteiger partial charge on any atom is 0.251 e. The number of benzene rings is 2. The average molecular weight is 347 g/mol. The fourth-order valence-corrected chi connectivity index (χ4v) is 2.89. The molecule has 0 saturated carbocycles. The highest BCUT2D eigenvalue weighted by Crippen LogP contribution is 2.25. The van der Waals surface area contributed by atoms with Gasteiger partial charge in [-0.15, -0.1) is 0 Å². The van der Waals surface area contributed by atoms with Crippen LogP contribution in [0.3, 0.4) is 0 Å². The minimum Gasteiger partial charge on any atom is -0.394 e. The van der Waals surface area contributed by atoms with Crippen molar-refractivity contribution in [3.05, 3.63) is 53.6 Å². The summed E-state index contributed by atoms with van der Waals surface area (Å²) in [5.74, 6) is -0.421. The Morgan fingerprint density at radius 2 is 1.75 bits per heavy atom. The minimum absolute atomic E-state index is 0.0855. The van der Waals surface area contributed by atoms with Crippen molar-refractivity contribution >= 4 is 15.7 Å². The highest BCUT2D eigenvalue weighted by molar-refractivity contribution is 7.90. The van der Waals surface area contributed by atoms with Crippen LogP contribution in [-0.2, 0) is 9.84 Å². The number of amides is 1. The largest absolute Gasteiger partial charge is 0.394 e. The van der Waals surface area contributed by atoms with Crippen LogP contribution in [0.4, 0.5) is 0 Å². The van der Waals surface area contributed by atoms with E-state index in [1.807, 2.05) is 31.2 Å². The molecule has 2 N–H and O–H groups in total. The number of aliphatic hydroxyl groups excluding tert-OH is 1. The maximum atomic E-state index is 12.3. The lowest BCUT2D eigenvalue weighted by molar-refractivity contribution is 0.0922. The standard InChI is InChI=1S/C18H21NO4S/c1-12-4-6-14(7-5-12)15-8-16(18(21)19-13(2)11-20)10-17(9-15)24(3,22)23/h4-10,13,20H,11H2,1-3H3,(H,19,21). The third kappa shape index (κ3) is 4.43. The molecular formula is C18H21NO4S. The first kappa shape index (κ1) is 18.2. The van der Waals surface area contributed by atoms with E-state index >= 15 is 0 Å². The fraction of sp³-hybridized carbons (Fsp3) is 0.278. The molecule has 0 saturated heterocycles. The average Bonchev–Trinajstić information content (AvgIpc) is 2.54. The number of nitrogens with one attached hydrogen (secondary N) is 1. The minimum atomic E-state index is -3.46. The summed E-state index contributed by atoms with van der Waals surface area (Å²) in [4.78, 5) is 12.4. The lowest BCUT2D eigenvalue weighted by Gasteiger charge is -2.13. The molecule has 128 valence electrons. The van der Waals surface area contributed by atoms with E-state index < -0.39 is 21.8 Å². The van der Waals surface area contributed by atoms with E-state index in [4.69, 9.17) is 5.11 Å². The molecule has 0 heterocycles. The Morgan fingerprint density at radius 3 is 2.29 bits per heavy atom. The highest BCUT2D eigenvalue weighted by Gasteiger charge is 2.16. The van der Waals surface area contributed by atoms with Crippen molar-refractivity contribution in [1.29, 1.82) is 0 Å². The molecule has 1 amide bonds. The monoisotopic (exact) mass is 347 g/mol. The van der Waals surface area contributed by atoms with Gasteiger partial charge in [-0.1, -0.05) is 29.8 Å². The van der Waals surface area contributed by atoms with E-state index in [1.165, 1.54) is 6.07 Å². The zero-order chi connectivity index (χ0) is 17.9. The van der Waals surface area contributed by atoms with E-state index in [0.29, 0.717) is 5.56 Å². The van der Waals surface area contributed by atoms with Crippen LogP contribution in [0.15, 0.2) is 47.4 Å². The van der Waals surface area contributed by atoms with Crippen LogP contribution in [0.2, 0.25) is 0 Å². The molecule has 0 aliphatic heterocycles. The second kappa shape index (κ2) is 7.15. The Balaban J connectivity index is 2.53. The molecule has 2 aromatic rings. The van der Waals surface area contributed by atoms with Crippen molar-refractivity contribution in [2.75, 3.05) is 12.9 Å². The van der Waals surface area contributed by atoms with Crippen molar-refractivity contribution in [1.82, 2.24) is 5.32 Å². The number of rotatable bonds is 5. The molecule has 0 aliphatic rings. The van der Waals surface area contributed by atoms with Crippen LogP contribution < -0.4 is 5.32 Å². The molecule has 0 fully saturated rings. The van der Waals surface area contributed by atoms with Gasteiger partial charge in [0.15, 0.2) is 9.84 Å². The fourth-order valence-electron chi connectivity index (χ4n) is 2.21. The van der Waals surface area contributed by atoms with Crippen molar-refractivity contribution in [3.8, 4) is 11.1 Å². The first-order valence-corrected chi connectivity index (χ1v) is 9.44. The number of aryl methyl sites for hydroxylation is 1. The van der Waals surface area contributed by atoms with Gasteiger partial charge in [0.05, 0.1) is 11.5 Å². The molecule has 0 radical (unpaired) electrons. The molecule has 24 heavy (non-hydrogen) atoms. The number of aliphatic hydroxyl groups is 1. The van der Waals surface area contributed by atoms with E-state index in [0.717, 1.165) is 17.4 Å². The second-order valence-electron chi connectivity index (χ2n) is 5.94. The Kier molecular flexibility index (Phi) is 5.41. The third-order valence-electron chi connectivity index (χ3n) is 3.63. The predicted molar refractivity (Wildman–Crippen MR) is 93.7 cm³/mol. The molecule has 0 bridgehead atoms. The van der Waals surface area contributed by atoms with Crippen molar-refractivity contribution in [2.24, 2.45) is 0 Å². The summed E-state index contributed by atoms with van der Waals surface area (Å²) in [7, 11) is -3.46. The molecule has 1 unspecified atom stereocenters. The number of hydrogen-bond donors (Lipinski definition) is 2. The number of carbonyl (C=O) groups excluding carboxylic acids is 1. The topological polar surface area (TPSA) is 83.5 Å². The van der Waals surface area contributed by atoms with Gasteiger partial charge in [-0.3, -0.25) is 4.79 Å². The Bertz CT molecular complexity index is 842. The van der Waals surface area contributed by atoms with Crippen LogP contribution >= 0.6 is 0 Å². The van der Waals surface area contributed by atoms with Crippen molar-refractivity contribution in [3.63, 3.8) is 0 Å². The van der Waals surface area contributed by atoms with Crippen LogP contribution in [0.1, 0.15) is 22.8 Å². The SMILES string of the molecule is Cc1ccc(-c2cc(C(=O)NC(C)CO)cc(S(C)(=O)=O)c2)cc1. The second-order valence-corrected chi connectivity index (χ2v) is 7.96. The normalized spacial score (nSPS) is 12.7. The summed E-state index contributed by atoms with van der Waals surface area (Å²) in [6, 6.07) is 11.8. The quantitative estimate of drug-likeness (QED) is 0.868. The molecule has 0 aromatic heterocycles. The molecule has 1 atom stereocenters. The van der Waals surface area contributed by atoms with Gasteiger partial charge in [0.1, 0.15) is 0 Å². The first-order valence-electron chi connectivity index (χ1n) is 7.54. The van der Waals surface area contributed by atoms with Crippen LogP contribution in [0.25, 0.3) is 11.1 Å². The van der Waals surface area contributed by atoms with Gasteiger partial charge in [-0.05, 0) is 43.2 Å². The Morgan fingerprint density at radius 1 is 1.12 bits per heavy atom. The van der Waals surface area contributed by atoms with Gasteiger partial charge >= 0.3 is 0 Å². The summed E-state index contributed by atoms with van der Waals surface area (Å²) in [6.45, 7) is 3.44. The molecular weight excluding hydrogens is 326 g/mol. The summed E-state index contributed by atoms with van der Waals surface area (Å²) in [6.07, 6.45) is 1.11. The van der Waals surface area contributed by atoms with Gasteiger partial charge in [0, 0.05) is 17.9 Å². The Hall–Kier alpha value is -2.18. The molecule has 5 nitrogen and oxygen atoms in total. The molecule has 0 aliphatic carbocycles. The van der Waals surface area contributed by atoms with Gasteiger partial charge in [0.2, 0.25) is 0 Å². The third-order valence-corrected chi connectivity index (χ3v) is 4.73. The van der Waals surface area contributed by atoms with E-state index in [9.17, 15) is 13.2 Å². The summed E-state index contributed by atoms with van der Waals surface area (Å²) in [5, 5.41) is 11.7. The van der Waals surface area contributed by atoms with Crippen molar-refractivity contribution < 1.29 is 18.3 Å². The van der Waals surface area contributed by atoms with Crippen LogP contribution in [0.5, 0.6) is 0 Å². The summed E-state index contributed by atoms with van der Waals surface area (Å²) < 4.78 is 23.9. The molecule has 0 spiro atoms. The van der Waals surface area contributed by atoms with Crippen molar-refractivity contribution in [2.45, 2.75) is 24.8 Å². The zero-order valence-corrected chi connectivity index (χ0v) is 14.7. The lowest BCUT2D eigenvalue weighted by Crippen LogP contribution is -2.35. The van der Waals surface area contributed by atoms with E-state index in [-0.39, 0.29) is 17.1 Å². The number of sulfone groups is 1. The summed E-state index contributed by atoms with van der Waals surface area (Å²) in [5.41, 5.74) is 2.82. The maximum absolute atomic E-state index is 12.3.